The molecule has 0 radical (unpaired) electrons. The van der Waals surface area contributed by atoms with Crippen molar-refractivity contribution in [1.29, 1.82) is 0 Å². The minimum Gasteiger partial charge on any atom is -0.378 e. The summed E-state index contributed by atoms with van der Waals surface area (Å²) in [4.78, 5) is 19.1. The SMILES string of the molecule is Cn1cnc(C(=O)N2CCCC2C(O)(c2ccccc2)c2ccccc2)c1. The first-order valence-corrected chi connectivity index (χ1v) is 9.23. The van der Waals surface area contributed by atoms with E-state index in [2.05, 4.69) is 4.98 Å². The number of nitrogens with zero attached hydrogens (tertiary/aromatic N) is 3. The number of carbonyl (C=O) groups excluding carboxylic acids is 1. The van der Waals surface area contributed by atoms with Gasteiger partial charge >= 0.3 is 0 Å². The van der Waals surface area contributed by atoms with Crippen molar-refractivity contribution >= 4 is 5.91 Å². The van der Waals surface area contributed by atoms with Gasteiger partial charge in [0, 0.05) is 19.8 Å². The lowest BCUT2D eigenvalue weighted by Gasteiger charge is -2.40. The Balaban J connectivity index is 1.79. The van der Waals surface area contributed by atoms with Gasteiger partial charge in [0.2, 0.25) is 0 Å². The number of likely N-dealkylation sites (tertiary alicyclic amines) is 1. The highest BCUT2D eigenvalue weighted by Gasteiger charge is 2.47. The molecule has 0 spiro atoms. The number of aromatic nitrogens is 2. The summed E-state index contributed by atoms with van der Waals surface area (Å²) in [6.45, 7) is 0.613. The fourth-order valence-corrected chi connectivity index (χ4v) is 4.05. The van der Waals surface area contributed by atoms with Crippen molar-refractivity contribution in [3.8, 4) is 0 Å². The zero-order chi connectivity index (χ0) is 18.9. The minimum atomic E-state index is -1.27. The summed E-state index contributed by atoms with van der Waals surface area (Å²) in [6.07, 6.45) is 4.94. The average Bonchev–Trinajstić information content (AvgIpc) is 3.38. The average molecular weight is 361 g/mol. The Morgan fingerprint density at radius 2 is 1.67 bits per heavy atom. The second kappa shape index (κ2) is 7.00. The Morgan fingerprint density at radius 3 is 2.19 bits per heavy atom. The summed E-state index contributed by atoms with van der Waals surface area (Å²) in [6, 6.07) is 18.9. The second-order valence-corrected chi connectivity index (χ2v) is 7.08. The van der Waals surface area contributed by atoms with Crippen molar-refractivity contribution in [1.82, 2.24) is 14.5 Å². The van der Waals surface area contributed by atoms with Gasteiger partial charge in [-0.1, -0.05) is 60.7 Å². The summed E-state index contributed by atoms with van der Waals surface area (Å²) in [7, 11) is 1.84. The van der Waals surface area contributed by atoms with Crippen LogP contribution in [0.5, 0.6) is 0 Å². The lowest BCUT2D eigenvalue weighted by molar-refractivity contribution is -0.000921. The van der Waals surface area contributed by atoms with Gasteiger partial charge < -0.3 is 14.6 Å². The Hall–Kier alpha value is -2.92. The summed E-state index contributed by atoms with van der Waals surface area (Å²) < 4.78 is 1.76. The number of aryl methyl sites for hydroxylation is 1. The number of carbonyl (C=O) groups is 1. The van der Waals surface area contributed by atoms with Crippen molar-refractivity contribution in [2.75, 3.05) is 6.54 Å². The van der Waals surface area contributed by atoms with Crippen LogP contribution in [-0.2, 0) is 12.6 Å². The van der Waals surface area contributed by atoms with E-state index in [4.69, 9.17) is 0 Å². The van der Waals surface area contributed by atoms with E-state index < -0.39 is 5.60 Å². The highest BCUT2D eigenvalue weighted by Crippen LogP contribution is 2.40. The molecule has 3 aromatic rings. The van der Waals surface area contributed by atoms with Crippen LogP contribution in [-0.4, -0.2) is 38.1 Å². The largest absolute Gasteiger partial charge is 0.378 e. The number of benzene rings is 2. The zero-order valence-electron chi connectivity index (χ0n) is 15.3. The van der Waals surface area contributed by atoms with Gasteiger partial charge in [0.05, 0.1) is 12.4 Å². The number of aliphatic hydroxyl groups is 1. The van der Waals surface area contributed by atoms with Gasteiger partial charge in [0.25, 0.3) is 5.91 Å². The van der Waals surface area contributed by atoms with E-state index in [1.165, 1.54) is 0 Å². The Morgan fingerprint density at radius 1 is 1.07 bits per heavy atom. The highest BCUT2D eigenvalue weighted by atomic mass is 16.3. The van der Waals surface area contributed by atoms with Gasteiger partial charge in [-0.25, -0.2) is 4.98 Å². The van der Waals surface area contributed by atoms with Crippen LogP contribution in [0.3, 0.4) is 0 Å². The summed E-state index contributed by atoms with van der Waals surface area (Å²) in [5, 5.41) is 12.0. The van der Waals surface area contributed by atoms with Crippen molar-refractivity contribution in [2.24, 2.45) is 7.05 Å². The van der Waals surface area contributed by atoms with Crippen LogP contribution >= 0.6 is 0 Å². The third-order valence-electron chi connectivity index (χ3n) is 5.35. The maximum absolute atomic E-state index is 13.1. The molecular formula is C22H23N3O2. The van der Waals surface area contributed by atoms with E-state index in [0.29, 0.717) is 12.2 Å². The van der Waals surface area contributed by atoms with Gasteiger partial charge in [-0.3, -0.25) is 4.79 Å². The molecule has 5 heteroatoms. The first kappa shape index (κ1) is 17.5. The molecule has 27 heavy (non-hydrogen) atoms. The molecule has 1 amide bonds. The molecule has 0 saturated carbocycles. The lowest BCUT2D eigenvalue weighted by Crippen LogP contribution is -2.50. The van der Waals surface area contributed by atoms with Gasteiger partial charge in [0.15, 0.2) is 0 Å². The highest BCUT2D eigenvalue weighted by molar-refractivity contribution is 5.92. The molecule has 4 rings (SSSR count). The monoisotopic (exact) mass is 361 g/mol. The normalized spacial score (nSPS) is 17.3. The molecule has 2 heterocycles. The Kier molecular flexibility index (Phi) is 4.54. The minimum absolute atomic E-state index is 0.136. The van der Waals surface area contributed by atoms with Crippen LogP contribution in [0.4, 0.5) is 0 Å². The van der Waals surface area contributed by atoms with E-state index in [0.717, 1.165) is 24.0 Å². The third kappa shape index (κ3) is 3.04. The van der Waals surface area contributed by atoms with Crippen molar-refractivity contribution in [3.05, 3.63) is 90.0 Å². The Labute approximate surface area is 158 Å². The van der Waals surface area contributed by atoms with Crippen LogP contribution in [0.25, 0.3) is 0 Å². The molecule has 1 aliphatic rings. The zero-order valence-corrected chi connectivity index (χ0v) is 15.3. The van der Waals surface area contributed by atoms with Crippen LogP contribution in [0.2, 0.25) is 0 Å². The predicted molar refractivity (Wildman–Crippen MR) is 103 cm³/mol. The first-order chi connectivity index (χ1) is 13.1. The number of rotatable bonds is 4. The molecular weight excluding hydrogens is 338 g/mol. The molecule has 1 aliphatic heterocycles. The van der Waals surface area contributed by atoms with Crippen molar-refractivity contribution in [3.63, 3.8) is 0 Å². The number of amides is 1. The molecule has 2 aromatic carbocycles. The van der Waals surface area contributed by atoms with Gasteiger partial charge in [0.1, 0.15) is 11.3 Å². The van der Waals surface area contributed by atoms with Crippen LogP contribution in [0, 0.1) is 0 Å². The second-order valence-electron chi connectivity index (χ2n) is 7.08. The molecule has 0 bridgehead atoms. The van der Waals surface area contributed by atoms with Crippen LogP contribution < -0.4 is 0 Å². The van der Waals surface area contributed by atoms with Gasteiger partial charge in [-0.05, 0) is 24.0 Å². The van der Waals surface area contributed by atoms with E-state index in [1.54, 1.807) is 22.0 Å². The number of hydrogen-bond donors (Lipinski definition) is 1. The smallest absolute Gasteiger partial charge is 0.274 e. The third-order valence-corrected chi connectivity index (χ3v) is 5.35. The van der Waals surface area contributed by atoms with Crippen LogP contribution in [0.1, 0.15) is 34.5 Å². The van der Waals surface area contributed by atoms with E-state index in [9.17, 15) is 9.90 Å². The quantitative estimate of drug-likeness (QED) is 0.777. The van der Waals surface area contributed by atoms with Crippen LogP contribution in [0.15, 0.2) is 73.2 Å². The van der Waals surface area contributed by atoms with E-state index >= 15 is 0 Å². The summed E-state index contributed by atoms with van der Waals surface area (Å²) in [5.74, 6) is -0.136. The Bertz CT molecular complexity index is 882. The maximum Gasteiger partial charge on any atom is 0.274 e. The first-order valence-electron chi connectivity index (χ1n) is 9.23. The van der Waals surface area contributed by atoms with Gasteiger partial charge in [-0.15, -0.1) is 0 Å². The molecule has 1 fully saturated rings. The fraction of sp³-hybridized carbons (Fsp3) is 0.273. The molecule has 1 saturated heterocycles. The molecule has 1 aromatic heterocycles. The van der Waals surface area contributed by atoms with E-state index in [-0.39, 0.29) is 11.9 Å². The van der Waals surface area contributed by atoms with Crippen molar-refractivity contribution < 1.29 is 9.90 Å². The standard InChI is InChI=1S/C22H23N3O2/c1-24-15-19(23-16-24)21(26)25-14-8-13-20(25)22(27,17-9-4-2-5-10-17)18-11-6-3-7-12-18/h2-7,9-12,15-16,20,27H,8,13-14H2,1H3. The molecule has 1 N–H and O–H groups in total. The fourth-order valence-electron chi connectivity index (χ4n) is 4.05. The lowest BCUT2D eigenvalue weighted by atomic mass is 9.79. The predicted octanol–water partition coefficient (Wildman–Crippen LogP) is 2.96. The maximum atomic E-state index is 13.1. The number of imidazole rings is 1. The summed E-state index contributed by atoms with van der Waals surface area (Å²) >= 11 is 0. The number of hydrogen-bond acceptors (Lipinski definition) is 3. The topological polar surface area (TPSA) is 58.4 Å². The summed E-state index contributed by atoms with van der Waals surface area (Å²) in [5.41, 5.74) is 0.723. The van der Waals surface area contributed by atoms with E-state index in [1.807, 2.05) is 67.7 Å². The van der Waals surface area contributed by atoms with Crippen molar-refractivity contribution in [2.45, 2.75) is 24.5 Å². The molecule has 1 unspecified atom stereocenters. The van der Waals surface area contributed by atoms with Gasteiger partial charge in [-0.2, -0.15) is 0 Å². The molecule has 138 valence electrons. The molecule has 5 nitrogen and oxygen atoms in total. The molecule has 1 atom stereocenters. The molecule has 0 aliphatic carbocycles.